The third-order valence-electron chi connectivity index (χ3n) is 5.26. The van der Waals surface area contributed by atoms with Gasteiger partial charge in [-0.2, -0.15) is 0 Å². The van der Waals surface area contributed by atoms with Crippen LogP contribution in [0.4, 0.5) is 5.95 Å². The van der Waals surface area contributed by atoms with Gasteiger partial charge in [0, 0.05) is 31.4 Å². The highest BCUT2D eigenvalue weighted by Crippen LogP contribution is 2.21. The van der Waals surface area contributed by atoms with Crippen LogP contribution in [0.5, 0.6) is 0 Å². The number of Topliss-reactive ketones (excluding diaryl/α,β-unsaturated/α-hetero) is 1. The number of carbonyl (C=O) groups is 1. The van der Waals surface area contributed by atoms with Crippen LogP contribution < -0.4 is 10.5 Å². The molecule has 8 nitrogen and oxygen atoms in total. The van der Waals surface area contributed by atoms with Gasteiger partial charge in [0.15, 0.2) is 5.78 Å². The Hall–Kier alpha value is -3.39. The van der Waals surface area contributed by atoms with Crippen LogP contribution in [0, 0.1) is 0 Å². The van der Waals surface area contributed by atoms with Gasteiger partial charge in [0.1, 0.15) is 12.4 Å². The molecule has 4 rings (SSSR count). The molecule has 154 valence electrons. The monoisotopic (exact) mass is 405 g/mol. The summed E-state index contributed by atoms with van der Waals surface area (Å²) in [7, 11) is 1.67. The first kappa shape index (κ1) is 19.9. The average molecular weight is 405 g/mol. The SMILES string of the molecule is CCc1ccccc1C(=O)C1CN(c2nc(-c3ccncn3)cc(=O)n2C)CCO1. The summed E-state index contributed by atoms with van der Waals surface area (Å²) in [4.78, 5) is 40.4. The quantitative estimate of drug-likeness (QED) is 0.599. The first-order valence-electron chi connectivity index (χ1n) is 9.91. The van der Waals surface area contributed by atoms with Crippen LogP contribution in [0.1, 0.15) is 22.8 Å². The van der Waals surface area contributed by atoms with Crippen LogP contribution in [-0.2, 0) is 18.2 Å². The number of benzene rings is 1. The Balaban J connectivity index is 1.64. The summed E-state index contributed by atoms with van der Waals surface area (Å²) in [5, 5.41) is 0. The van der Waals surface area contributed by atoms with E-state index in [4.69, 9.17) is 4.74 Å². The topological polar surface area (TPSA) is 90.2 Å². The molecule has 3 aromatic rings. The van der Waals surface area contributed by atoms with Crippen molar-refractivity contribution in [3.8, 4) is 11.4 Å². The molecule has 0 N–H and O–H groups in total. The van der Waals surface area contributed by atoms with Crippen molar-refractivity contribution < 1.29 is 9.53 Å². The molecule has 1 unspecified atom stereocenters. The summed E-state index contributed by atoms with van der Waals surface area (Å²) in [6.45, 7) is 3.26. The van der Waals surface area contributed by atoms with E-state index in [9.17, 15) is 9.59 Å². The predicted molar refractivity (Wildman–Crippen MR) is 113 cm³/mol. The molecule has 1 aromatic carbocycles. The van der Waals surface area contributed by atoms with Gasteiger partial charge < -0.3 is 9.64 Å². The van der Waals surface area contributed by atoms with Gasteiger partial charge in [0.2, 0.25) is 5.95 Å². The minimum absolute atomic E-state index is 0.0471. The van der Waals surface area contributed by atoms with E-state index in [1.807, 2.05) is 36.1 Å². The van der Waals surface area contributed by atoms with Crippen LogP contribution in [0.15, 0.2) is 53.7 Å². The Kier molecular flexibility index (Phi) is 5.67. The Morgan fingerprint density at radius 1 is 1.23 bits per heavy atom. The van der Waals surface area contributed by atoms with Crippen molar-refractivity contribution in [1.29, 1.82) is 0 Å². The van der Waals surface area contributed by atoms with Crippen molar-refractivity contribution in [2.24, 2.45) is 7.05 Å². The Bertz CT molecular complexity index is 1110. The zero-order valence-electron chi connectivity index (χ0n) is 17.0. The summed E-state index contributed by atoms with van der Waals surface area (Å²) in [5.74, 6) is 0.440. The number of morpholine rings is 1. The Labute approximate surface area is 174 Å². The number of hydrogen-bond acceptors (Lipinski definition) is 7. The number of aryl methyl sites for hydroxylation is 1. The van der Waals surface area contributed by atoms with Crippen LogP contribution in [0.2, 0.25) is 0 Å². The highest BCUT2D eigenvalue weighted by Gasteiger charge is 2.30. The molecule has 0 saturated carbocycles. The molecular weight excluding hydrogens is 382 g/mol. The molecule has 1 saturated heterocycles. The van der Waals surface area contributed by atoms with E-state index in [2.05, 4.69) is 15.0 Å². The highest BCUT2D eigenvalue weighted by molar-refractivity contribution is 6.01. The molecule has 0 radical (unpaired) electrons. The fraction of sp³-hybridized carbons (Fsp3) is 0.318. The minimum Gasteiger partial charge on any atom is -0.366 e. The molecule has 1 atom stereocenters. The van der Waals surface area contributed by atoms with Crippen LogP contribution in [-0.4, -0.2) is 51.1 Å². The second-order valence-electron chi connectivity index (χ2n) is 7.11. The average Bonchev–Trinajstić information content (AvgIpc) is 2.81. The number of ketones is 1. The first-order chi connectivity index (χ1) is 14.6. The molecule has 2 aromatic heterocycles. The number of anilines is 1. The lowest BCUT2D eigenvalue weighted by Crippen LogP contribution is -2.48. The first-order valence-corrected chi connectivity index (χ1v) is 9.91. The van der Waals surface area contributed by atoms with Crippen molar-refractivity contribution in [1.82, 2.24) is 19.5 Å². The van der Waals surface area contributed by atoms with Crippen LogP contribution in [0.3, 0.4) is 0 Å². The molecule has 0 bridgehead atoms. The van der Waals surface area contributed by atoms with Crippen molar-refractivity contribution in [3.05, 3.63) is 70.4 Å². The molecule has 1 aliphatic rings. The maximum atomic E-state index is 13.1. The number of hydrogen-bond donors (Lipinski definition) is 0. The van der Waals surface area contributed by atoms with Crippen LogP contribution in [0.25, 0.3) is 11.4 Å². The predicted octanol–water partition coefficient (Wildman–Crippen LogP) is 1.89. The fourth-order valence-corrected chi connectivity index (χ4v) is 3.62. The highest BCUT2D eigenvalue weighted by atomic mass is 16.5. The van der Waals surface area contributed by atoms with E-state index in [0.29, 0.717) is 42.6 Å². The Morgan fingerprint density at radius 3 is 2.83 bits per heavy atom. The van der Waals surface area contributed by atoms with Gasteiger partial charge in [-0.3, -0.25) is 14.2 Å². The zero-order valence-corrected chi connectivity index (χ0v) is 17.0. The number of ether oxygens (including phenoxy) is 1. The third kappa shape index (κ3) is 3.86. The maximum absolute atomic E-state index is 13.1. The van der Waals surface area contributed by atoms with E-state index >= 15 is 0 Å². The summed E-state index contributed by atoms with van der Waals surface area (Å²) >= 11 is 0. The van der Waals surface area contributed by atoms with E-state index < -0.39 is 6.10 Å². The second-order valence-corrected chi connectivity index (χ2v) is 7.11. The molecule has 0 amide bonds. The van der Waals surface area contributed by atoms with E-state index in [1.54, 1.807) is 19.3 Å². The van der Waals surface area contributed by atoms with Gasteiger partial charge in [0.05, 0.1) is 24.5 Å². The lowest BCUT2D eigenvalue weighted by atomic mass is 9.98. The van der Waals surface area contributed by atoms with E-state index in [-0.39, 0.29) is 11.3 Å². The van der Waals surface area contributed by atoms with E-state index in [1.165, 1.54) is 17.0 Å². The minimum atomic E-state index is -0.619. The van der Waals surface area contributed by atoms with E-state index in [0.717, 1.165) is 12.0 Å². The summed E-state index contributed by atoms with van der Waals surface area (Å²) in [5.41, 5.74) is 2.53. The van der Waals surface area contributed by atoms with Gasteiger partial charge in [-0.05, 0) is 18.1 Å². The standard InChI is InChI=1S/C22H23N5O3/c1-3-15-6-4-5-7-16(15)21(29)19-13-27(10-11-30-19)22-25-18(12-20(28)26(22)2)17-8-9-23-14-24-17/h4-9,12,14,19H,3,10-11,13H2,1-2H3. The molecule has 1 fully saturated rings. The summed E-state index contributed by atoms with van der Waals surface area (Å²) < 4.78 is 7.29. The molecule has 3 heterocycles. The smallest absolute Gasteiger partial charge is 0.255 e. The molecule has 8 heteroatoms. The number of carbonyl (C=O) groups excluding carboxylic acids is 1. The second kappa shape index (κ2) is 8.54. The van der Waals surface area contributed by atoms with Gasteiger partial charge in [-0.25, -0.2) is 15.0 Å². The normalized spacial score (nSPS) is 16.5. The lowest BCUT2D eigenvalue weighted by Gasteiger charge is -2.34. The van der Waals surface area contributed by atoms with Crippen molar-refractivity contribution in [2.45, 2.75) is 19.4 Å². The Morgan fingerprint density at radius 2 is 2.07 bits per heavy atom. The molecular formula is C22H23N5O3. The zero-order chi connectivity index (χ0) is 21.1. The van der Waals surface area contributed by atoms with Crippen molar-refractivity contribution in [2.75, 3.05) is 24.6 Å². The number of rotatable bonds is 5. The number of nitrogens with zero attached hydrogens (tertiary/aromatic N) is 5. The van der Waals surface area contributed by atoms with Gasteiger partial charge in [-0.15, -0.1) is 0 Å². The molecule has 30 heavy (non-hydrogen) atoms. The number of aromatic nitrogens is 4. The third-order valence-corrected chi connectivity index (χ3v) is 5.26. The molecule has 1 aliphatic heterocycles. The van der Waals surface area contributed by atoms with Gasteiger partial charge >= 0.3 is 0 Å². The lowest BCUT2D eigenvalue weighted by molar-refractivity contribution is 0.0336. The van der Waals surface area contributed by atoms with Crippen LogP contribution >= 0.6 is 0 Å². The molecule has 0 aliphatic carbocycles. The summed E-state index contributed by atoms with van der Waals surface area (Å²) in [6, 6.07) is 10.8. The van der Waals surface area contributed by atoms with Gasteiger partial charge in [0.25, 0.3) is 5.56 Å². The van der Waals surface area contributed by atoms with Crippen molar-refractivity contribution >= 4 is 11.7 Å². The fourth-order valence-electron chi connectivity index (χ4n) is 3.62. The van der Waals surface area contributed by atoms with Gasteiger partial charge in [-0.1, -0.05) is 31.2 Å². The molecule has 0 spiro atoms. The maximum Gasteiger partial charge on any atom is 0.255 e. The van der Waals surface area contributed by atoms with Crippen molar-refractivity contribution in [3.63, 3.8) is 0 Å². The largest absolute Gasteiger partial charge is 0.366 e. The summed E-state index contributed by atoms with van der Waals surface area (Å²) in [6.07, 6.45) is 3.18.